The van der Waals surface area contributed by atoms with Crippen molar-refractivity contribution >= 4 is 23.0 Å². The molecule has 0 saturated carbocycles. The van der Waals surface area contributed by atoms with Gasteiger partial charge >= 0.3 is 6.03 Å². The van der Waals surface area contributed by atoms with Crippen LogP contribution >= 0.6 is 0 Å². The Morgan fingerprint density at radius 2 is 1.69 bits per heavy atom. The molecule has 0 aliphatic carbocycles. The Hall–Kier alpha value is -3.84. The number of pyridine rings is 1. The van der Waals surface area contributed by atoms with Crippen molar-refractivity contribution < 1.29 is 9.90 Å². The Kier molecular flexibility index (Phi) is 6.99. The molecule has 0 bridgehead atoms. The fourth-order valence-electron chi connectivity index (χ4n) is 3.35. The van der Waals surface area contributed by atoms with Gasteiger partial charge in [0.2, 0.25) is 0 Å². The summed E-state index contributed by atoms with van der Waals surface area (Å²) in [6.07, 6.45) is 4.60. The normalized spacial score (nSPS) is 10.8. The lowest BCUT2D eigenvalue weighted by Gasteiger charge is -2.08. The molecule has 7 nitrogen and oxygen atoms in total. The van der Waals surface area contributed by atoms with Crippen LogP contribution in [0, 0.1) is 0 Å². The number of unbranched alkanes of at least 4 members (excludes halogenated alkanes) is 1. The minimum atomic E-state index is -0.291. The van der Waals surface area contributed by atoms with Crippen LogP contribution in [0.2, 0.25) is 0 Å². The first-order chi connectivity index (χ1) is 15.7. The number of urea groups is 1. The molecule has 4 rings (SSSR count). The Bertz CT molecular complexity index is 1180. The number of aryl methyl sites for hydroxylation is 1. The fourth-order valence-corrected chi connectivity index (χ4v) is 3.35. The van der Waals surface area contributed by atoms with Gasteiger partial charge in [0.15, 0.2) is 5.65 Å². The summed E-state index contributed by atoms with van der Waals surface area (Å²) < 4.78 is 0. The van der Waals surface area contributed by atoms with Crippen molar-refractivity contribution in [2.75, 3.05) is 11.9 Å². The summed E-state index contributed by atoms with van der Waals surface area (Å²) >= 11 is 0. The number of carbonyl (C=O) groups excluding carboxylic acids is 1. The predicted molar refractivity (Wildman–Crippen MR) is 125 cm³/mol. The number of amides is 2. The first-order valence-corrected chi connectivity index (χ1v) is 10.6. The lowest BCUT2D eigenvalue weighted by Crippen LogP contribution is -2.29. The number of carbonyl (C=O) groups is 1. The number of aliphatic hydroxyl groups excluding tert-OH is 1. The maximum absolute atomic E-state index is 12.2. The van der Waals surface area contributed by atoms with Crippen molar-refractivity contribution in [2.45, 2.75) is 25.9 Å². The number of aromatic nitrogens is 3. The van der Waals surface area contributed by atoms with E-state index >= 15 is 0 Å². The maximum atomic E-state index is 12.2. The molecule has 7 heteroatoms. The van der Waals surface area contributed by atoms with Crippen LogP contribution < -0.4 is 10.6 Å². The minimum Gasteiger partial charge on any atom is -0.392 e. The van der Waals surface area contributed by atoms with Crippen LogP contribution in [0.15, 0.2) is 72.9 Å². The van der Waals surface area contributed by atoms with Crippen molar-refractivity contribution in [3.8, 4) is 11.3 Å². The summed E-state index contributed by atoms with van der Waals surface area (Å²) in [7, 11) is 0. The van der Waals surface area contributed by atoms with E-state index in [2.05, 4.69) is 37.7 Å². The Morgan fingerprint density at radius 3 is 2.47 bits per heavy atom. The smallest absolute Gasteiger partial charge is 0.320 e. The second-order valence-corrected chi connectivity index (χ2v) is 7.47. The third kappa shape index (κ3) is 5.65. The van der Waals surface area contributed by atoms with Gasteiger partial charge < -0.3 is 10.4 Å². The van der Waals surface area contributed by atoms with E-state index in [9.17, 15) is 9.90 Å². The minimum absolute atomic E-state index is 0.00461. The number of benzene rings is 2. The van der Waals surface area contributed by atoms with Crippen LogP contribution in [0.3, 0.4) is 0 Å². The van der Waals surface area contributed by atoms with Gasteiger partial charge in [-0.05, 0) is 42.5 Å². The third-order valence-corrected chi connectivity index (χ3v) is 5.10. The maximum Gasteiger partial charge on any atom is 0.320 e. The highest BCUT2D eigenvalue weighted by molar-refractivity contribution is 5.89. The fraction of sp³-hybridized carbons (Fsp3) is 0.200. The third-order valence-electron chi connectivity index (χ3n) is 5.10. The number of nitrogens with zero attached hydrogens (tertiary/aromatic N) is 3. The molecule has 2 aromatic heterocycles. The van der Waals surface area contributed by atoms with E-state index in [1.807, 2.05) is 42.5 Å². The van der Waals surface area contributed by atoms with Crippen molar-refractivity contribution in [3.05, 3.63) is 84.1 Å². The molecule has 2 amide bonds. The number of hydrogen-bond acceptors (Lipinski definition) is 5. The number of anilines is 1. The van der Waals surface area contributed by atoms with E-state index in [1.54, 1.807) is 18.3 Å². The quantitative estimate of drug-likeness (QED) is 0.364. The highest BCUT2D eigenvalue weighted by Crippen LogP contribution is 2.20. The van der Waals surface area contributed by atoms with Crippen LogP contribution in [-0.2, 0) is 13.0 Å². The molecule has 3 N–H and O–H groups in total. The first-order valence-electron chi connectivity index (χ1n) is 10.6. The van der Waals surface area contributed by atoms with Crippen molar-refractivity contribution in [3.63, 3.8) is 0 Å². The second-order valence-electron chi connectivity index (χ2n) is 7.47. The summed E-state index contributed by atoms with van der Waals surface area (Å²) in [5.41, 5.74) is 4.79. The first kappa shape index (κ1) is 21.4. The average Bonchev–Trinajstić information content (AvgIpc) is 2.84. The van der Waals surface area contributed by atoms with Gasteiger partial charge in [0, 0.05) is 12.1 Å². The molecular formula is C25H25N5O2. The zero-order chi connectivity index (χ0) is 22.2. The van der Waals surface area contributed by atoms with Crippen LogP contribution in [0.4, 0.5) is 10.6 Å². The average molecular weight is 428 g/mol. The molecule has 0 atom stereocenters. The van der Waals surface area contributed by atoms with E-state index in [4.69, 9.17) is 0 Å². The number of aliphatic hydroxyl groups is 1. The van der Waals surface area contributed by atoms with Crippen molar-refractivity contribution in [2.24, 2.45) is 0 Å². The van der Waals surface area contributed by atoms with Crippen LogP contribution in [0.25, 0.3) is 22.4 Å². The highest BCUT2D eigenvalue weighted by Gasteiger charge is 2.07. The van der Waals surface area contributed by atoms with Gasteiger partial charge in [-0.25, -0.2) is 14.8 Å². The molecule has 32 heavy (non-hydrogen) atoms. The van der Waals surface area contributed by atoms with Crippen molar-refractivity contribution in [1.82, 2.24) is 20.3 Å². The summed E-state index contributed by atoms with van der Waals surface area (Å²) in [4.78, 5) is 25.6. The van der Waals surface area contributed by atoms with Gasteiger partial charge in [0.1, 0.15) is 11.3 Å². The zero-order valence-electron chi connectivity index (χ0n) is 17.7. The van der Waals surface area contributed by atoms with Crippen molar-refractivity contribution in [1.29, 1.82) is 0 Å². The molecule has 0 spiro atoms. The van der Waals surface area contributed by atoms with Gasteiger partial charge in [0.25, 0.3) is 0 Å². The molecule has 2 aromatic carbocycles. The second kappa shape index (κ2) is 10.5. The molecule has 0 fully saturated rings. The Labute approximate surface area is 186 Å². The standard InChI is InChI=1S/C25H25N5O2/c31-17-19-9-11-20(12-10-19)22-16-27-21-13-14-23(29-24(21)28-22)30-25(32)26-15-5-4-8-18-6-2-1-3-7-18/h1-3,6-7,9-14,16,31H,4-5,8,15,17H2,(H2,26,28,29,30,32). The van der Waals surface area contributed by atoms with Crippen LogP contribution in [0.1, 0.15) is 24.0 Å². The molecule has 0 unspecified atom stereocenters. The van der Waals surface area contributed by atoms with Gasteiger partial charge in [-0.1, -0.05) is 54.6 Å². The summed E-state index contributed by atoms with van der Waals surface area (Å²) in [5, 5.41) is 14.8. The van der Waals surface area contributed by atoms with E-state index in [0.29, 0.717) is 29.2 Å². The number of nitrogens with one attached hydrogen (secondary N) is 2. The van der Waals surface area contributed by atoms with E-state index in [0.717, 1.165) is 30.4 Å². The lowest BCUT2D eigenvalue weighted by molar-refractivity contribution is 0.252. The highest BCUT2D eigenvalue weighted by atomic mass is 16.3. The monoisotopic (exact) mass is 427 g/mol. The predicted octanol–water partition coefficient (Wildman–Crippen LogP) is 4.33. The molecule has 2 heterocycles. The lowest BCUT2D eigenvalue weighted by atomic mass is 10.1. The van der Waals surface area contributed by atoms with Gasteiger partial charge in [-0.15, -0.1) is 0 Å². The van der Waals surface area contributed by atoms with E-state index in [-0.39, 0.29) is 12.6 Å². The van der Waals surface area contributed by atoms with Gasteiger partial charge in [0.05, 0.1) is 18.5 Å². The molecule has 0 aliphatic heterocycles. The van der Waals surface area contributed by atoms with Gasteiger partial charge in [-0.3, -0.25) is 10.3 Å². The van der Waals surface area contributed by atoms with Crippen LogP contribution in [-0.4, -0.2) is 32.6 Å². The van der Waals surface area contributed by atoms with Crippen LogP contribution in [0.5, 0.6) is 0 Å². The largest absolute Gasteiger partial charge is 0.392 e. The SMILES string of the molecule is O=C(NCCCCc1ccccc1)Nc1ccc2ncc(-c3ccc(CO)cc3)nc2n1. The Balaban J connectivity index is 1.32. The number of fused-ring (bicyclic) bond motifs is 1. The molecule has 162 valence electrons. The molecule has 4 aromatic rings. The molecule has 0 aliphatic rings. The number of rotatable bonds is 8. The Morgan fingerprint density at radius 1 is 0.875 bits per heavy atom. The van der Waals surface area contributed by atoms with E-state index < -0.39 is 0 Å². The summed E-state index contributed by atoms with van der Waals surface area (Å²) in [6.45, 7) is 0.593. The molecule has 0 radical (unpaired) electrons. The zero-order valence-corrected chi connectivity index (χ0v) is 17.7. The summed E-state index contributed by atoms with van der Waals surface area (Å²) in [6, 6.07) is 21.0. The van der Waals surface area contributed by atoms with E-state index in [1.165, 1.54) is 5.56 Å². The molecule has 0 saturated heterocycles. The molecular weight excluding hydrogens is 402 g/mol. The number of hydrogen-bond donors (Lipinski definition) is 3. The topological polar surface area (TPSA) is 100 Å². The van der Waals surface area contributed by atoms with Gasteiger partial charge in [-0.2, -0.15) is 0 Å². The summed E-state index contributed by atoms with van der Waals surface area (Å²) in [5.74, 6) is 0.418.